The number of H-pyrrole nitrogens is 1. The molecular formula is C21H19ClF3N3O5. The number of fused-ring (bicyclic) bond motifs is 1. The number of rotatable bonds is 4. The second kappa shape index (κ2) is 8.40. The Balaban J connectivity index is 1.57. The minimum Gasteiger partial charge on any atom is -0.488 e. The number of piperidine rings is 1. The van der Waals surface area contributed by atoms with Crippen molar-refractivity contribution in [2.45, 2.75) is 18.1 Å². The van der Waals surface area contributed by atoms with Crippen molar-refractivity contribution in [3.63, 3.8) is 0 Å². The van der Waals surface area contributed by atoms with E-state index in [4.69, 9.17) is 16.3 Å². The topological polar surface area (TPSA) is 108 Å². The number of nitrogens with zero attached hydrogens (tertiary/aromatic N) is 2. The summed E-state index contributed by atoms with van der Waals surface area (Å²) >= 11 is 5.65. The molecule has 2 aromatic carbocycles. The average molecular weight is 486 g/mol. The second-order valence-electron chi connectivity index (χ2n) is 7.91. The van der Waals surface area contributed by atoms with Crippen LogP contribution in [-0.4, -0.2) is 51.2 Å². The minimum absolute atomic E-state index is 0.0120. The van der Waals surface area contributed by atoms with Gasteiger partial charge in [0.2, 0.25) is 0 Å². The molecule has 0 amide bonds. The van der Waals surface area contributed by atoms with Gasteiger partial charge < -0.3 is 29.4 Å². The van der Waals surface area contributed by atoms with E-state index in [2.05, 4.69) is 4.98 Å². The third-order valence-electron chi connectivity index (χ3n) is 5.77. The maximum Gasteiger partial charge on any atom is 0.316 e. The fourth-order valence-corrected chi connectivity index (χ4v) is 4.10. The molecule has 4 rings (SSSR count). The Morgan fingerprint density at radius 1 is 1.21 bits per heavy atom. The third-order valence-corrected chi connectivity index (χ3v) is 5.99. The normalized spacial score (nSPS) is 20.9. The molecule has 8 nitrogen and oxygen atoms in total. The van der Waals surface area contributed by atoms with Crippen LogP contribution in [0.5, 0.6) is 5.75 Å². The quantitative estimate of drug-likeness (QED) is 0.485. The van der Waals surface area contributed by atoms with Crippen LogP contribution in [0, 0.1) is 17.5 Å². The van der Waals surface area contributed by atoms with Crippen LogP contribution in [0.15, 0.2) is 33.9 Å². The Kier molecular flexibility index (Phi) is 5.89. The van der Waals surface area contributed by atoms with Gasteiger partial charge in [0.15, 0.2) is 11.6 Å². The highest BCUT2D eigenvalue weighted by Gasteiger charge is 2.42. The molecule has 33 heavy (non-hydrogen) atoms. The van der Waals surface area contributed by atoms with Crippen molar-refractivity contribution in [3.05, 3.63) is 67.4 Å². The highest BCUT2D eigenvalue weighted by Crippen LogP contribution is 2.33. The first-order valence-corrected chi connectivity index (χ1v) is 10.2. The summed E-state index contributed by atoms with van der Waals surface area (Å²) in [7, 11) is 1.23. The van der Waals surface area contributed by atoms with Gasteiger partial charge in [-0.05, 0) is 30.7 Å². The molecule has 12 heteroatoms. The molecule has 0 unspecified atom stereocenters. The Labute approximate surface area is 189 Å². The van der Waals surface area contributed by atoms with E-state index in [9.17, 15) is 33.0 Å². The smallest absolute Gasteiger partial charge is 0.316 e. The maximum atomic E-state index is 14.3. The molecule has 2 heterocycles. The Bertz CT molecular complexity index is 1340. The zero-order chi connectivity index (χ0) is 24.1. The van der Waals surface area contributed by atoms with Crippen molar-refractivity contribution in [1.29, 1.82) is 0 Å². The summed E-state index contributed by atoms with van der Waals surface area (Å²) in [4.78, 5) is 27.2. The van der Waals surface area contributed by atoms with Gasteiger partial charge in [-0.25, -0.2) is 13.2 Å². The molecule has 1 saturated heterocycles. The summed E-state index contributed by atoms with van der Waals surface area (Å²) < 4.78 is 49.2. The molecule has 1 aliphatic heterocycles. The van der Waals surface area contributed by atoms with Crippen molar-refractivity contribution in [2.75, 3.05) is 24.6 Å². The van der Waals surface area contributed by atoms with Crippen LogP contribution in [0.2, 0.25) is 5.02 Å². The number of hydrogen-bond donors (Lipinski definition) is 3. The number of aliphatic hydroxyl groups is 2. The van der Waals surface area contributed by atoms with Gasteiger partial charge in [0.05, 0.1) is 0 Å². The molecule has 1 fully saturated rings. The lowest BCUT2D eigenvalue weighted by Crippen LogP contribution is -2.58. The number of anilines is 1. The zero-order valence-corrected chi connectivity index (χ0v) is 18.0. The molecule has 176 valence electrons. The lowest BCUT2D eigenvalue weighted by atomic mass is 9.89. The summed E-state index contributed by atoms with van der Waals surface area (Å²) in [6, 6.07) is 4.14. The van der Waals surface area contributed by atoms with Crippen LogP contribution in [-0.2, 0) is 7.05 Å². The number of β-amino-alcohol motifs (C(OH)–C–C–N with tert-alkyl or cyclic N) is 1. The van der Waals surface area contributed by atoms with Gasteiger partial charge in [-0.15, -0.1) is 0 Å². The van der Waals surface area contributed by atoms with Gasteiger partial charge >= 0.3 is 11.1 Å². The number of aliphatic hydroxyl groups excluding tert-OH is 1. The highest BCUT2D eigenvalue weighted by molar-refractivity contribution is 6.30. The van der Waals surface area contributed by atoms with E-state index in [1.165, 1.54) is 18.0 Å². The molecule has 0 radical (unpaired) electrons. The van der Waals surface area contributed by atoms with Crippen molar-refractivity contribution in [2.24, 2.45) is 7.05 Å². The predicted octanol–water partition coefficient (Wildman–Crippen LogP) is 1.68. The SMILES string of the molecule is Cn1c(=O)c(=O)[nH]c2c(OC[C@]3(O)CCN(c4c(F)cc(Cl)cc4F)C[C@H]3O)ccc(F)c21. The van der Waals surface area contributed by atoms with E-state index in [0.717, 1.165) is 22.8 Å². The van der Waals surface area contributed by atoms with Crippen LogP contribution < -0.4 is 20.8 Å². The average Bonchev–Trinajstić information content (AvgIpc) is 2.73. The van der Waals surface area contributed by atoms with E-state index in [1.54, 1.807) is 0 Å². The molecule has 0 aliphatic carbocycles. The lowest BCUT2D eigenvalue weighted by molar-refractivity contribution is -0.108. The van der Waals surface area contributed by atoms with Crippen molar-refractivity contribution in [1.82, 2.24) is 9.55 Å². The number of ether oxygens (including phenoxy) is 1. The summed E-state index contributed by atoms with van der Waals surface area (Å²) in [5.74, 6) is -2.60. The molecule has 2 atom stereocenters. The van der Waals surface area contributed by atoms with E-state index in [1.807, 2.05) is 0 Å². The summed E-state index contributed by atoms with van der Waals surface area (Å²) in [5.41, 5.74) is -4.42. The molecule has 1 aromatic heterocycles. The van der Waals surface area contributed by atoms with Crippen molar-refractivity contribution in [3.8, 4) is 5.75 Å². The number of aryl methyl sites for hydroxylation is 1. The van der Waals surface area contributed by atoms with Crippen LogP contribution in [0.3, 0.4) is 0 Å². The van der Waals surface area contributed by atoms with Gasteiger partial charge in [-0.2, -0.15) is 0 Å². The van der Waals surface area contributed by atoms with Crippen LogP contribution in [0.1, 0.15) is 6.42 Å². The fourth-order valence-electron chi connectivity index (χ4n) is 3.91. The van der Waals surface area contributed by atoms with Crippen molar-refractivity contribution < 1.29 is 28.1 Å². The number of benzene rings is 2. The Hall–Kier alpha value is -3.02. The second-order valence-corrected chi connectivity index (χ2v) is 8.35. The first-order valence-electron chi connectivity index (χ1n) is 9.86. The Morgan fingerprint density at radius 2 is 1.88 bits per heavy atom. The number of nitrogens with one attached hydrogen (secondary N) is 1. The van der Waals surface area contributed by atoms with Gasteiger partial charge in [-0.1, -0.05) is 11.6 Å². The summed E-state index contributed by atoms with van der Waals surface area (Å²) in [6.07, 6.45) is -1.58. The van der Waals surface area contributed by atoms with E-state index in [-0.39, 0.29) is 47.0 Å². The summed E-state index contributed by atoms with van der Waals surface area (Å²) in [5, 5.41) is 21.4. The number of hydrogen-bond acceptors (Lipinski definition) is 6. The largest absolute Gasteiger partial charge is 0.488 e. The van der Waals surface area contributed by atoms with Gasteiger partial charge in [-0.3, -0.25) is 9.59 Å². The molecule has 3 N–H and O–H groups in total. The maximum absolute atomic E-state index is 14.3. The lowest BCUT2D eigenvalue weighted by Gasteiger charge is -2.42. The van der Waals surface area contributed by atoms with Crippen LogP contribution in [0.4, 0.5) is 18.9 Å². The molecule has 0 spiro atoms. The predicted molar refractivity (Wildman–Crippen MR) is 114 cm³/mol. The van der Waals surface area contributed by atoms with Crippen LogP contribution in [0.25, 0.3) is 11.0 Å². The van der Waals surface area contributed by atoms with Gasteiger partial charge in [0.1, 0.15) is 46.6 Å². The highest BCUT2D eigenvalue weighted by atomic mass is 35.5. The molecule has 0 saturated carbocycles. The molecule has 0 bridgehead atoms. The fraction of sp³-hybridized carbons (Fsp3) is 0.333. The van der Waals surface area contributed by atoms with E-state index >= 15 is 0 Å². The van der Waals surface area contributed by atoms with E-state index < -0.39 is 46.9 Å². The first kappa shape index (κ1) is 23.1. The number of aromatic nitrogens is 2. The van der Waals surface area contributed by atoms with Gasteiger partial charge in [0.25, 0.3) is 0 Å². The van der Waals surface area contributed by atoms with Crippen LogP contribution >= 0.6 is 11.6 Å². The molecule has 3 aromatic rings. The van der Waals surface area contributed by atoms with Gasteiger partial charge in [0, 0.05) is 25.2 Å². The van der Waals surface area contributed by atoms with Crippen molar-refractivity contribution >= 4 is 28.3 Å². The zero-order valence-electron chi connectivity index (χ0n) is 17.2. The number of aromatic amines is 1. The number of halogens is 4. The molecular weight excluding hydrogens is 467 g/mol. The molecule has 1 aliphatic rings. The third kappa shape index (κ3) is 4.07. The Morgan fingerprint density at radius 3 is 2.52 bits per heavy atom. The minimum atomic E-state index is -1.81. The monoisotopic (exact) mass is 485 g/mol. The first-order chi connectivity index (χ1) is 15.5. The summed E-state index contributed by atoms with van der Waals surface area (Å²) in [6.45, 7) is -0.786. The standard InChI is InChI=1S/C21H19ClF3N3O5/c1-27-18-11(23)2-3-14(16(18)26-19(30)20(27)31)33-9-21(32)4-5-28(8-15(21)29)17-12(24)6-10(22)7-13(17)25/h2-3,6-7,15,29,32H,4-5,8-9H2,1H3,(H,26,30)/t15-,21-/m1/s1. The van der Waals surface area contributed by atoms with E-state index in [0.29, 0.717) is 0 Å².